The van der Waals surface area contributed by atoms with E-state index in [9.17, 15) is 4.79 Å². The summed E-state index contributed by atoms with van der Waals surface area (Å²) in [6, 6.07) is 7.89. The van der Waals surface area contributed by atoms with Gasteiger partial charge in [0.25, 0.3) is 5.91 Å². The third-order valence-electron chi connectivity index (χ3n) is 2.86. The van der Waals surface area contributed by atoms with Gasteiger partial charge in [0.15, 0.2) is 0 Å². The predicted molar refractivity (Wildman–Crippen MR) is 86.0 cm³/mol. The second kappa shape index (κ2) is 8.79. The zero-order valence-corrected chi connectivity index (χ0v) is 13.1. The second-order valence-corrected chi connectivity index (χ2v) is 5.35. The molecule has 0 aliphatic carbocycles. The van der Waals surface area contributed by atoms with Gasteiger partial charge in [-0.25, -0.2) is 0 Å². The van der Waals surface area contributed by atoms with E-state index in [2.05, 4.69) is 22.1 Å². The number of nitrogens with one attached hydrogen (secondary N) is 2. The molecular weight excluding hydrogens is 294 g/mol. The Kier molecular flexibility index (Phi) is 7.36. The molecule has 1 amide bonds. The first-order valence-corrected chi connectivity index (χ1v) is 7.29. The van der Waals surface area contributed by atoms with E-state index in [0.717, 1.165) is 25.2 Å². The SMILES string of the molecule is CNCCCNC(=O)c1cccn1Cc1cccs1.Cl. The van der Waals surface area contributed by atoms with Crippen LogP contribution in [-0.4, -0.2) is 30.6 Å². The molecule has 6 heteroatoms. The summed E-state index contributed by atoms with van der Waals surface area (Å²) in [5.41, 5.74) is 0.720. The lowest BCUT2D eigenvalue weighted by atomic mass is 10.3. The summed E-state index contributed by atoms with van der Waals surface area (Å²) < 4.78 is 1.99. The van der Waals surface area contributed by atoms with Crippen molar-refractivity contribution in [2.24, 2.45) is 0 Å². The fourth-order valence-corrected chi connectivity index (χ4v) is 2.59. The molecule has 0 aliphatic heterocycles. The Bertz CT molecular complexity index is 510. The first-order chi connectivity index (χ1) is 9.31. The molecule has 0 aromatic carbocycles. The molecule has 2 aromatic rings. The lowest BCUT2D eigenvalue weighted by Crippen LogP contribution is -2.28. The normalized spacial score (nSPS) is 10.1. The summed E-state index contributed by atoms with van der Waals surface area (Å²) in [6.45, 7) is 2.37. The smallest absolute Gasteiger partial charge is 0.267 e. The summed E-state index contributed by atoms with van der Waals surface area (Å²) in [6.07, 6.45) is 2.89. The van der Waals surface area contributed by atoms with Gasteiger partial charge in [-0.2, -0.15) is 0 Å². The summed E-state index contributed by atoms with van der Waals surface area (Å²) >= 11 is 1.71. The van der Waals surface area contributed by atoms with Crippen LogP contribution in [0.3, 0.4) is 0 Å². The first kappa shape index (κ1) is 16.8. The van der Waals surface area contributed by atoms with Crippen molar-refractivity contribution in [3.05, 3.63) is 46.4 Å². The molecule has 4 nitrogen and oxygen atoms in total. The van der Waals surface area contributed by atoms with Crippen molar-refractivity contribution in [2.45, 2.75) is 13.0 Å². The molecule has 0 bridgehead atoms. The van der Waals surface area contributed by atoms with E-state index < -0.39 is 0 Å². The second-order valence-electron chi connectivity index (χ2n) is 4.31. The third-order valence-corrected chi connectivity index (χ3v) is 3.72. The maximum Gasteiger partial charge on any atom is 0.267 e. The molecule has 0 unspecified atom stereocenters. The molecule has 20 heavy (non-hydrogen) atoms. The Labute approximate surface area is 129 Å². The van der Waals surface area contributed by atoms with Crippen LogP contribution in [0, 0.1) is 0 Å². The molecule has 2 N–H and O–H groups in total. The monoisotopic (exact) mass is 313 g/mol. The largest absolute Gasteiger partial charge is 0.351 e. The molecular formula is C14H20ClN3OS. The van der Waals surface area contributed by atoms with Crippen LogP contribution in [0.15, 0.2) is 35.8 Å². The molecule has 0 atom stereocenters. The Morgan fingerprint density at radius 1 is 1.30 bits per heavy atom. The van der Waals surface area contributed by atoms with Crippen LogP contribution < -0.4 is 10.6 Å². The highest BCUT2D eigenvalue weighted by Gasteiger charge is 2.10. The minimum atomic E-state index is -0.00217. The van der Waals surface area contributed by atoms with Crippen LogP contribution in [0.2, 0.25) is 0 Å². The van der Waals surface area contributed by atoms with E-state index in [4.69, 9.17) is 0 Å². The van der Waals surface area contributed by atoms with Crippen molar-refractivity contribution < 1.29 is 4.79 Å². The fraction of sp³-hybridized carbons (Fsp3) is 0.357. The van der Waals surface area contributed by atoms with Gasteiger partial charge in [0, 0.05) is 17.6 Å². The lowest BCUT2D eigenvalue weighted by molar-refractivity contribution is 0.0944. The summed E-state index contributed by atoms with van der Waals surface area (Å²) in [4.78, 5) is 13.3. The van der Waals surface area contributed by atoms with E-state index in [1.54, 1.807) is 11.3 Å². The highest BCUT2D eigenvalue weighted by atomic mass is 35.5. The zero-order valence-electron chi connectivity index (χ0n) is 11.5. The summed E-state index contributed by atoms with van der Waals surface area (Å²) in [5.74, 6) is -0.00217. The first-order valence-electron chi connectivity index (χ1n) is 6.41. The van der Waals surface area contributed by atoms with Crippen molar-refractivity contribution in [3.63, 3.8) is 0 Å². The van der Waals surface area contributed by atoms with Crippen LogP contribution in [-0.2, 0) is 6.54 Å². The maximum absolute atomic E-state index is 12.1. The number of hydrogen-bond acceptors (Lipinski definition) is 3. The zero-order chi connectivity index (χ0) is 13.5. The van der Waals surface area contributed by atoms with Gasteiger partial charge in [-0.15, -0.1) is 23.7 Å². The molecule has 0 aliphatic rings. The van der Waals surface area contributed by atoms with E-state index in [-0.39, 0.29) is 18.3 Å². The predicted octanol–water partition coefficient (Wildman–Crippen LogP) is 2.36. The number of nitrogens with zero attached hydrogens (tertiary/aromatic N) is 1. The molecule has 0 radical (unpaired) electrons. The number of amides is 1. The van der Waals surface area contributed by atoms with Gasteiger partial charge in [0.2, 0.25) is 0 Å². The van der Waals surface area contributed by atoms with Crippen LogP contribution in [0.25, 0.3) is 0 Å². The van der Waals surface area contributed by atoms with Crippen molar-refractivity contribution in [1.29, 1.82) is 0 Å². The molecule has 0 fully saturated rings. The van der Waals surface area contributed by atoms with Crippen LogP contribution in [0.4, 0.5) is 0 Å². The van der Waals surface area contributed by atoms with Crippen LogP contribution >= 0.6 is 23.7 Å². The Morgan fingerprint density at radius 2 is 2.15 bits per heavy atom. The van der Waals surface area contributed by atoms with Gasteiger partial charge in [-0.1, -0.05) is 6.07 Å². The molecule has 2 heterocycles. The van der Waals surface area contributed by atoms with E-state index in [1.165, 1.54) is 4.88 Å². The molecule has 0 saturated heterocycles. The Balaban J connectivity index is 0.00000200. The highest BCUT2D eigenvalue weighted by molar-refractivity contribution is 7.09. The van der Waals surface area contributed by atoms with Gasteiger partial charge >= 0.3 is 0 Å². The molecule has 0 saturated carbocycles. The van der Waals surface area contributed by atoms with Crippen molar-refractivity contribution in [3.8, 4) is 0 Å². The number of halogens is 1. The number of thiophene rings is 1. The minimum Gasteiger partial charge on any atom is -0.351 e. The quantitative estimate of drug-likeness (QED) is 0.771. The van der Waals surface area contributed by atoms with Crippen LogP contribution in [0.1, 0.15) is 21.8 Å². The van der Waals surface area contributed by atoms with Crippen LogP contribution in [0.5, 0.6) is 0 Å². The van der Waals surface area contributed by atoms with E-state index in [1.807, 2.05) is 36.0 Å². The maximum atomic E-state index is 12.1. The number of hydrogen-bond donors (Lipinski definition) is 2. The minimum absolute atomic E-state index is 0. The number of carbonyl (C=O) groups excluding carboxylic acids is 1. The molecule has 2 aromatic heterocycles. The Morgan fingerprint density at radius 3 is 2.85 bits per heavy atom. The highest BCUT2D eigenvalue weighted by Crippen LogP contribution is 2.12. The van der Waals surface area contributed by atoms with Gasteiger partial charge in [0.1, 0.15) is 5.69 Å². The molecule has 110 valence electrons. The number of aromatic nitrogens is 1. The number of rotatable bonds is 7. The van der Waals surface area contributed by atoms with Gasteiger partial charge in [-0.05, 0) is 43.6 Å². The molecule has 2 rings (SSSR count). The topological polar surface area (TPSA) is 46.1 Å². The summed E-state index contributed by atoms with van der Waals surface area (Å²) in [7, 11) is 1.91. The third kappa shape index (κ3) is 4.67. The average Bonchev–Trinajstić information content (AvgIpc) is 3.06. The molecule has 0 spiro atoms. The fourth-order valence-electron chi connectivity index (χ4n) is 1.89. The van der Waals surface area contributed by atoms with E-state index >= 15 is 0 Å². The van der Waals surface area contributed by atoms with Gasteiger partial charge < -0.3 is 15.2 Å². The van der Waals surface area contributed by atoms with Crippen molar-refractivity contribution in [1.82, 2.24) is 15.2 Å². The Hall–Kier alpha value is -1.30. The van der Waals surface area contributed by atoms with E-state index in [0.29, 0.717) is 6.54 Å². The van der Waals surface area contributed by atoms with Gasteiger partial charge in [0.05, 0.1) is 6.54 Å². The average molecular weight is 314 g/mol. The van der Waals surface area contributed by atoms with Crippen molar-refractivity contribution >= 4 is 29.7 Å². The van der Waals surface area contributed by atoms with Crippen molar-refractivity contribution in [2.75, 3.05) is 20.1 Å². The number of carbonyl (C=O) groups is 1. The standard InChI is InChI=1S/C14H19N3OS.ClH/c1-15-7-4-8-16-14(18)13-6-2-9-17(13)11-12-5-3-10-19-12;/h2-3,5-6,9-10,15H,4,7-8,11H2,1H3,(H,16,18);1H. The van der Waals surface area contributed by atoms with Gasteiger partial charge in [-0.3, -0.25) is 4.79 Å². The lowest BCUT2D eigenvalue weighted by Gasteiger charge is -2.09. The summed E-state index contributed by atoms with van der Waals surface area (Å²) in [5, 5.41) is 8.06.